The second-order valence-electron chi connectivity index (χ2n) is 11.4. The van der Waals surface area contributed by atoms with Crippen LogP contribution in [0.3, 0.4) is 0 Å². The van der Waals surface area contributed by atoms with Crippen LogP contribution >= 0.6 is 0 Å². The number of aromatic nitrogens is 3. The van der Waals surface area contributed by atoms with E-state index in [9.17, 15) is 0 Å². The average molecular weight is 522 g/mol. The van der Waals surface area contributed by atoms with E-state index in [1.807, 2.05) is 6.92 Å². The molecule has 0 aliphatic carbocycles. The fourth-order valence-electron chi connectivity index (χ4n) is 7.09. The molecule has 2 atom stereocenters. The van der Waals surface area contributed by atoms with Gasteiger partial charge >= 0.3 is 0 Å². The van der Waals surface area contributed by atoms with Crippen LogP contribution in [-0.4, -0.2) is 4.98 Å². The predicted molar refractivity (Wildman–Crippen MR) is 159 cm³/mol. The molecule has 2 aromatic carbocycles. The summed E-state index contributed by atoms with van der Waals surface area (Å²) in [6.07, 6.45) is 7.33. The van der Waals surface area contributed by atoms with Crippen molar-refractivity contribution < 1.29 is 13.6 Å². The largest absolute Gasteiger partial charge is 0.437 e. The smallest absolute Gasteiger partial charge is 0.227 e. The summed E-state index contributed by atoms with van der Waals surface area (Å²) in [6.45, 7) is 8.88. The summed E-state index contributed by atoms with van der Waals surface area (Å²) >= 11 is 0. The summed E-state index contributed by atoms with van der Waals surface area (Å²) in [5.74, 6) is 0.363. The highest BCUT2D eigenvalue weighted by molar-refractivity contribution is 6.08. The zero-order valence-electron chi connectivity index (χ0n) is 22.9. The summed E-state index contributed by atoms with van der Waals surface area (Å²) < 4.78 is 11.4. The molecule has 0 saturated heterocycles. The van der Waals surface area contributed by atoms with Crippen molar-refractivity contribution in [2.24, 2.45) is 0 Å². The predicted octanol–water partition coefficient (Wildman–Crippen LogP) is 7.65. The van der Waals surface area contributed by atoms with Crippen LogP contribution in [0.4, 0.5) is 0 Å². The quantitative estimate of drug-likeness (QED) is 0.192. The topological polar surface area (TPSA) is 33.8 Å². The van der Waals surface area contributed by atoms with E-state index in [0.717, 1.165) is 58.3 Å². The molecule has 8 rings (SSSR count). The van der Waals surface area contributed by atoms with E-state index < -0.39 is 0 Å². The number of benzene rings is 2. The SMILES string of the molecule is C=C1CC2C(CCc3ccc4c(oc5nc(C)ccc54)c3-c3cccc[n+]31)c1ccccc1-c1ccc(C)c[n+]12. The molecule has 0 spiro atoms. The number of pyridine rings is 3. The molecular weight excluding hydrogens is 490 g/mol. The number of hydrogen-bond donors (Lipinski definition) is 0. The van der Waals surface area contributed by atoms with Gasteiger partial charge in [0.2, 0.25) is 17.1 Å². The molecule has 4 aromatic heterocycles. The summed E-state index contributed by atoms with van der Waals surface area (Å²) in [5, 5.41) is 2.17. The van der Waals surface area contributed by atoms with Crippen molar-refractivity contribution in [2.45, 2.75) is 45.1 Å². The van der Waals surface area contributed by atoms with Crippen LogP contribution in [0.25, 0.3) is 50.3 Å². The van der Waals surface area contributed by atoms with E-state index in [1.54, 1.807) is 0 Å². The summed E-state index contributed by atoms with van der Waals surface area (Å²) in [6, 6.07) is 28.9. The Hall–Kier alpha value is -4.57. The molecule has 6 heterocycles. The minimum Gasteiger partial charge on any atom is -0.437 e. The second-order valence-corrected chi connectivity index (χ2v) is 11.4. The lowest BCUT2D eigenvalue weighted by Crippen LogP contribution is -2.49. The minimum absolute atomic E-state index is 0.279. The Morgan fingerprint density at radius 1 is 0.875 bits per heavy atom. The van der Waals surface area contributed by atoms with Gasteiger partial charge < -0.3 is 4.42 Å². The van der Waals surface area contributed by atoms with Crippen LogP contribution in [0, 0.1) is 13.8 Å². The first-order valence-electron chi connectivity index (χ1n) is 14.2. The molecular formula is C36H31N3O+2. The lowest BCUT2D eigenvalue weighted by Gasteiger charge is -2.31. The molecule has 2 unspecified atom stereocenters. The van der Waals surface area contributed by atoms with Crippen molar-refractivity contribution >= 4 is 27.8 Å². The van der Waals surface area contributed by atoms with E-state index in [0.29, 0.717) is 11.6 Å². The highest BCUT2D eigenvalue weighted by Gasteiger charge is 2.42. The molecule has 0 fully saturated rings. The van der Waals surface area contributed by atoms with Gasteiger partial charge in [-0.15, -0.1) is 0 Å². The molecule has 0 N–H and O–H groups in total. The van der Waals surface area contributed by atoms with Crippen molar-refractivity contribution in [3.63, 3.8) is 0 Å². The lowest BCUT2D eigenvalue weighted by atomic mass is 9.77. The number of hydrogen-bond acceptors (Lipinski definition) is 2. The Kier molecular flexibility index (Phi) is 5.09. The normalized spacial score (nSPS) is 18.0. The maximum absolute atomic E-state index is 6.56. The number of furan rings is 1. The fraction of sp³-hybridized carbons (Fsp3) is 0.194. The van der Waals surface area contributed by atoms with Gasteiger partial charge in [0.05, 0.1) is 12.0 Å². The first-order valence-corrected chi connectivity index (χ1v) is 14.2. The highest BCUT2D eigenvalue weighted by atomic mass is 16.3. The molecule has 6 aromatic rings. The van der Waals surface area contributed by atoms with Gasteiger partial charge in [-0.25, -0.2) is 4.98 Å². The van der Waals surface area contributed by atoms with Crippen LogP contribution in [0.15, 0.2) is 102 Å². The summed E-state index contributed by atoms with van der Waals surface area (Å²) in [7, 11) is 0. The van der Waals surface area contributed by atoms with E-state index in [1.165, 1.54) is 27.9 Å². The maximum atomic E-state index is 6.56. The Labute approximate surface area is 233 Å². The summed E-state index contributed by atoms with van der Waals surface area (Å²) in [5.41, 5.74) is 12.6. The van der Waals surface area contributed by atoms with Gasteiger partial charge in [-0.3, -0.25) is 0 Å². The Balaban J connectivity index is 1.38. The number of allylic oxidation sites excluding steroid dienone is 1. The number of nitrogens with zero attached hydrogens (tertiary/aromatic N) is 3. The Morgan fingerprint density at radius 2 is 1.73 bits per heavy atom. The minimum atomic E-state index is 0.279. The van der Waals surface area contributed by atoms with Gasteiger partial charge in [0.15, 0.2) is 29.7 Å². The van der Waals surface area contributed by atoms with E-state index in [4.69, 9.17) is 9.40 Å². The molecule has 0 amide bonds. The molecule has 0 radical (unpaired) electrons. The van der Waals surface area contributed by atoms with Gasteiger partial charge in [-0.2, -0.15) is 9.13 Å². The first-order chi connectivity index (χ1) is 19.6. The molecule has 4 nitrogen and oxygen atoms in total. The van der Waals surface area contributed by atoms with Crippen LogP contribution in [0.2, 0.25) is 0 Å². The fourth-order valence-corrected chi connectivity index (χ4v) is 7.09. The zero-order chi connectivity index (χ0) is 27.0. The van der Waals surface area contributed by atoms with Crippen molar-refractivity contribution in [1.29, 1.82) is 0 Å². The van der Waals surface area contributed by atoms with Crippen molar-refractivity contribution in [3.8, 4) is 22.5 Å². The number of aryl methyl sites for hydroxylation is 3. The maximum Gasteiger partial charge on any atom is 0.227 e. The van der Waals surface area contributed by atoms with Crippen molar-refractivity contribution in [1.82, 2.24) is 4.98 Å². The Morgan fingerprint density at radius 3 is 2.65 bits per heavy atom. The molecule has 2 aliphatic heterocycles. The van der Waals surface area contributed by atoms with Crippen LogP contribution in [0.1, 0.15) is 47.2 Å². The van der Waals surface area contributed by atoms with Crippen LogP contribution < -0.4 is 9.13 Å². The molecule has 4 heteroatoms. The number of rotatable bonds is 0. The van der Waals surface area contributed by atoms with E-state index >= 15 is 0 Å². The van der Waals surface area contributed by atoms with Crippen molar-refractivity contribution in [2.75, 3.05) is 0 Å². The van der Waals surface area contributed by atoms with Gasteiger partial charge in [-0.1, -0.05) is 30.3 Å². The highest BCUT2D eigenvalue weighted by Crippen LogP contribution is 2.45. The van der Waals surface area contributed by atoms with E-state index in [2.05, 4.69) is 114 Å². The Bertz CT molecular complexity index is 2000. The van der Waals surface area contributed by atoms with Gasteiger partial charge in [0, 0.05) is 51.7 Å². The third-order valence-corrected chi connectivity index (χ3v) is 8.94. The third kappa shape index (κ3) is 3.42. The van der Waals surface area contributed by atoms with Gasteiger partial charge in [0.25, 0.3) is 0 Å². The lowest BCUT2D eigenvalue weighted by molar-refractivity contribution is -0.720. The average Bonchev–Trinajstić information content (AvgIpc) is 3.33. The summed E-state index contributed by atoms with van der Waals surface area (Å²) in [4.78, 5) is 4.72. The molecule has 0 bridgehead atoms. The third-order valence-electron chi connectivity index (χ3n) is 8.94. The van der Waals surface area contributed by atoms with Gasteiger partial charge in [-0.05, 0) is 74.7 Å². The molecule has 0 saturated carbocycles. The monoisotopic (exact) mass is 521 g/mol. The molecule has 2 aliphatic rings. The molecule has 40 heavy (non-hydrogen) atoms. The van der Waals surface area contributed by atoms with Crippen LogP contribution in [-0.2, 0) is 6.42 Å². The van der Waals surface area contributed by atoms with Crippen LogP contribution in [0.5, 0.6) is 0 Å². The zero-order valence-corrected chi connectivity index (χ0v) is 22.9. The first kappa shape index (κ1) is 23.3. The standard InChI is InChI=1S/C36H31N3O/c1-22-11-18-31-27-9-5-4-8-26(27)28-16-13-25-14-17-29-30-15-12-23(2)37-36(30)40-35(29)34(25)32-10-6-7-19-38(32)24(3)20-33(28)39(31)21-22/h4-12,14-15,17-19,21,28,33H,3,13,16,20H2,1-2H3/q+2. The van der Waals surface area contributed by atoms with E-state index in [-0.39, 0.29) is 6.04 Å². The van der Waals surface area contributed by atoms with Gasteiger partial charge in [0.1, 0.15) is 0 Å². The molecule has 194 valence electrons. The van der Waals surface area contributed by atoms with Crippen molar-refractivity contribution in [3.05, 3.63) is 120 Å². The number of fused-ring (bicyclic) bond motifs is 13. The second kappa shape index (κ2) is 8.72.